The number of amides is 2. The summed E-state index contributed by atoms with van der Waals surface area (Å²) in [6.07, 6.45) is -3.96. The summed E-state index contributed by atoms with van der Waals surface area (Å²) in [5, 5.41) is 1.68. The van der Waals surface area contributed by atoms with Gasteiger partial charge in [-0.25, -0.2) is 4.90 Å². The number of nitrogens with one attached hydrogen (secondary N) is 1. The first-order valence-corrected chi connectivity index (χ1v) is 10.6. The average molecular weight is 462 g/mol. The fourth-order valence-electron chi connectivity index (χ4n) is 4.86. The predicted molar refractivity (Wildman–Crippen MR) is 114 cm³/mol. The van der Waals surface area contributed by atoms with Gasteiger partial charge in [0.05, 0.1) is 23.7 Å². The van der Waals surface area contributed by atoms with Crippen LogP contribution in [0.15, 0.2) is 42.5 Å². The zero-order valence-corrected chi connectivity index (χ0v) is 17.8. The number of alkyl halides is 3. The number of hydrogen-bond donors (Lipinski definition) is 1. The molecule has 2 aliphatic heterocycles. The minimum absolute atomic E-state index is 0.0528. The van der Waals surface area contributed by atoms with E-state index in [0.717, 1.165) is 39.2 Å². The number of carbonyl (C=O) groups is 2. The summed E-state index contributed by atoms with van der Waals surface area (Å²) >= 11 is 6.15. The number of rotatable bonds is 2. The Kier molecular flexibility index (Phi) is 4.83. The van der Waals surface area contributed by atoms with Gasteiger partial charge in [0, 0.05) is 34.2 Å². The Bertz CT molecular complexity index is 1250. The number of H-pyrrole nitrogens is 1. The monoisotopic (exact) mass is 461 g/mol. The van der Waals surface area contributed by atoms with Gasteiger partial charge in [-0.1, -0.05) is 17.7 Å². The van der Waals surface area contributed by atoms with Gasteiger partial charge in [-0.3, -0.25) is 14.5 Å². The van der Waals surface area contributed by atoms with E-state index in [1.165, 1.54) is 12.1 Å². The molecule has 5 nitrogen and oxygen atoms in total. The van der Waals surface area contributed by atoms with Gasteiger partial charge in [0.1, 0.15) is 0 Å². The number of aromatic amines is 1. The van der Waals surface area contributed by atoms with E-state index in [4.69, 9.17) is 11.6 Å². The number of carbonyl (C=O) groups excluding carboxylic acids is 2. The number of hydrogen-bond acceptors (Lipinski definition) is 3. The summed E-state index contributed by atoms with van der Waals surface area (Å²) in [4.78, 5) is 32.1. The van der Waals surface area contributed by atoms with Crippen LogP contribution in [0.2, 0.25) is 5.02 Å². The predicted octanol–water partition coefficient (Wildman–Crippen LogP) is 5.09. The van der Waals surface area contributed by atoms with Gasteiger partial charge >= 0.3 is 6.18 Å². The van der Waals surface area contributed by atoms with Crippen molar-refractivity contribution in [1.82, 2.24) is 9.88 Å². The molecular formula is C23H19ClF3N3O2. The molecule has 32 heavy (non-hydrogen) atoms. The lowest BCUT2D eigenvalue weighted by atomic mass is 9.96. The molecule has 2 atom stereocenters. The largest absolute Gasteiger partial charge is 0.416 e. The number of nitrogens with zero attached hydrogens (tertiary/aromatic N) is 2. The van der Waals surface area contributed by atoms with Gasteiger partial charge in [-0.15, -0.1) is 0 Å². The minimum Gasteiger partial charge on any atom is -0.357 e. The standard InChI is InChI=1S/C23H19ClF3N3O2/c1-12-21-16(17-10-14(24)5-6-18(17)28-21)7-8-29(12)19-11-20(31)30(22(19)32)15-4-2-3-13(9-15)23(25,26)27/h2-6,9-10,12,19,28H,7-8,11H2,1H3. The van der Waals surface area contributed by atoms with Crippen LogP contribution in [0.25, 0.3) is 10.9 Å². The van der Waals surface area contributed by atoms with Crippen molar-refractivity contribution in [3.05, 3.63) is 64.3 Å². The Morgan fingerprint density at radius 3 is 2.66 bits per heavy atom. The number of benzene rings is 2. The van der Waals surface area contributed by atoms with E-state index in [0.29, 0.717) is 18.0 Å². The number of aromatic nitrogens is 1. The third-order valence-electron chi connectivity index (χ3n) is 6.39. The first kappa shape index (κ1) is 21.0. The van der Waals surface area contributed by atoms with Crippen LogP contribution < -0.4 is 4.90 Å². The smallest absolute Gasteiger partial charge is 0.357 e. The van der Waals surface area contributed by atoms with Crippen LogP contribution in [0.3, 0.4) is 0 Å². The van der Waals surface area contributed by atoms with Crippen LogP contribution in [0.1, 0.15) is 36.2 Å². The highest BCUT2D eigenvalue weighted by Gasteiger charge is 2.46. The van der Waals surface area contributed by atoms with E-state index in [1.807, 2.05) is 24.0 Å². The van der Waals surface area contributed by atoms with Crippen molar-refractivity contribution in [2.75, 3.05) is 11.4 Å². The van der Waals surface area contributed by atoms with Crippen molar-refractivity contribution >= 4 is 40.0 Å². The molecule has 5 rings (SSSR count). The van der Waals surface area contributed by atoms with Gasteiger partial charge < -0.3 is 4.98 Å². The van der Waals surface area contributed by atoms with Crippen LogP contribution in [0, 0.1) is 0 Å². The molecule has 1 fully saturated rings. The molecule has 2 unspecified atom stereocenters. The van der Waals surface area contributed by atoms with E-state index in [-0.39, 0.29) is 18.2 Å². The van der Waals surface area contributed by atoms with Gasteiger partial charge in [-0.2, -0.15) is 13.2 Å². The summed E-state index contributed by atoms with van der Waals surface area (Å²) in [6, 6.07) is 9.05. The van der Waals surface area contributed by atoms with Crippen molar-refractivity contribution < 1.29 is 22.8 Å². The van der Waals surface area contributed by atoms with E-state index in [2.05, 4.69) is 4.98 Å². The second kappa shape index (κ2) is 7.35. The molecule has 166 valence electrons. The van der Waals surface area contributed by atoms with Gasteiger partial charge in [0.2, 0.25) is 5.91 Å². The number of anilines is 1. The zero-order chi connectivity index (χ0) is 22.8. The maximum Gasteiger partial charge on any atom is 0.416 e. The molecule has 0 spiro atoms. The first-order valence-electron chi connectivity index (χ1n) is 10.2. The van der Waals surface area contributed by atoms with Crippen LogP contribution in [0.4, 0.5) is 18.9 Å². The highest BCUT2D eigenvalue weighted by molar-refractivity contribution is 6.31. The van der Waals surface area contributed by atoms with Crippen LogP contribution in [0.5, 0.6) is 0 Å². The summed E-state index contributed by atoms with van der Waals surface area (Å²) < 4.78 is 39.3. The van der Waals surface area contributed by atoms with Crippen molar-refractivity contribution in [2.24, 2.45) is 0 Å². The molecule has 9 heteroatoms. The van der Waals surface area contributed by atoms with Crippen LogP contribution >= 0.6 is 11.6 Å². The van der Waals surface area contributed by atoms with Crippen molar-refractivity contribution in [3.8, 4) is 0 Å². The normalized spacial score (nSPS) is 22.1. The molecule has 1 N–H and O–H groups in total. The summed E-state index contributed by atoms with van der Waals surface area (Å²) in [7, 11) is 0. The molecular weight excluding hydrogens is 443 g/mol. The van der Waals surface area contributed by atoms with Gasteiger partial charge in [-0.05, 0) is 55.3 Å². The van der Waals surface area contributed by atoms with Crippen LogP contribution in [-0.4, -0.2) is 34.3 Å². The third-order valence-corrected chi connectivity index (χ3v) is 6.63. The average Bonchev–Trinajstić information content (AvgIpc) is 3.25. The summed E-state index contributed by atoms with van der Waals surface area (Å²) in [5.74, 6) is -0.996. The Morgan fingerprint density at radius 1 is 1.12 bits per heavy atom. The van der Waals surface area contributed by atoms with Gasteiger partial charge in [0.25, 0.3) is 5.91 Å². The van der Waals surface area contributed by atoms with E-state index in [1.54, 1.807) is 6.07 Å². The van der Waals surface area contributed by atoms with E-state index < -0.39 is 29.6 Å². The molecule has 1 saturated heterocycles. The number of fused-ring (bicyclic) bond motifs is 3. The Hall–Kier alpha value is -2.84. The van der Waals surface area contributed by atoms with Crippen molar-refractivity contribution in [3.63, 3.8) is 0 Å². The highest BCUT2D eigenvalue weighted by Crippen LogP contribution is 2.39. The number of imide groups is 1. The molecule has 0 radical (unpaired) electrons. The van der Waals surface area contributed by atoms with E-state index in [9.17, 15) is 22.8 Å². The lowest BCUT2D eigenvalue weighted by Crippen LogP contribution is -2.46. The first-order chi connectivity index (χ1) is 15.1. The summed E-state index contributed by atoms with van der Waals surface area (Å²) in [5.41, 5.74) is 2.10. The van der Waals surface area contributed by atoms with Gasteiger partial charge in [0.15, 0.2) is 0 Å². The molecule has 1 aromatic heterocycles. The Labute approximate surface area is 186 Å². The molecule has 3 heterocycles. The fraction of sp³-hybridized carbons (Fsp3) is 0.304. The maximum atomic E-state index is 13.2. The van der Waals surface area contributed by atoms with Crippen molar-refractivity contribution in [1.29, 1.82) is 0 Å². The molecule has 2 amide bonds. The highest BCUT2D eigenvalue weighted by atomic mass is 35.5. The van der Waals surface area contributed by atoms with Crippen LogP contribution in [-0.2, 0) is 22.2 Å². The van der Waals surface area contributed by atoms with Crippen molar-refractivity contribution in [2.45, 2.75) is 38.0 Å². The lowest BCUT2D eigenvalue weighted by Gasteiger charge is -2.36. The molecule has 0 bridgehead atoms. The molecule has 0 saturated carbocycles. The molecule has 2 aliphatic rings. The molecule has 2 aromatic carbocycles. The second-order valence-corrected chi connectivity index (χ2v) is 8.64. The SMILES string of the molecule is CC1c2[nH]c3ccc(Cl)cc3c2CCN1C1CC(=O)N(c2cccc(C(F)(F)F)c2)C1=O. The lowest BCUT2D eigenvalue weighted by molar-refractivity contribution is -0.137. The minimum atomic E-state index is -4.56. The third kappa shape index (κ3) is 3.29. The quantitative estimate of drug-likeness (QED) is 0.541. The fourth-order valence-corrected chi connectivity index (χ4v) is 5.03. The second-order valence-electron chi connectivity index (χ2n) is 8.21. The topological polar surface area (TPSA) is 56.4 Å². The Balaban J connectivity index is 1.45. The Morgan fingerprint density at radius 2 is 1.91 bits per heavy atom. The number of halogens is 4. The molecule has 0 aliphatic carbocycles. The zero-order valence-electron chi connectivity index (χ0n) is 17.0. The summed E-state index contributed by atoms with van der Waals surface area (Å²) in [6.45, 7) is 2.51. The molecule has 3 aromatic rings. The maximum absolute atomic E-state index is 13.2. The van der Waals surface area contributed by atoms with E-state index >= 15 is 0 Å².